The van der Waals surface area contributed by atoms with Gasteiger partial charge in [0.2, 0.25) is 0 Å². The highest BCUT2D eigenvalue weighted by molar-refractivity contribution is 6.05. The molecule has 0 unspecified atom stereocenters. The van der Waals surface area contributed by atoms with E-state index in [4.69, 9.17) is 4.74 Å². The average molecular weight is 475 g/mol. The number of nitro benzene ring substituents is 1. The molecule has 9 heteroatoms. The molecule has 180 valence electrons. The van der Waals surface area contributed by atoms with Crippen LogP contribution in [0.2, 0.25) is 0 Å². The number of urea groups is 1. The number of methoxy groups -OCH3 is 1. The van der Waals surface area contributed by atoms with Crippen molar-refractivity contribution < 1.29 is 19.2 Å². The van der Waals surface area contributed by atoms with E-state index < -0.39 is 10.8 Å². The molecule has 1 aliphatic rings. The summed E-state index contributed by atoms with van der Waals surface area (Å²) in [6, 6.07) is 18.9. The van der Waals surface area contributed by atoms with Gasteiger partial charge < -0.3 is 15.0 Å². The lowest BCUT2D eigenvalue weighted by Crippen LogP contribution is -2.49. The predicted molar refractivity (Wildman–Crippen MR) is 133 cm³/mol. The SMILES string of the molecule is COc1cccc(CN2CCCN(c3cccc(NC(=O)c4ccc(C)c([N+](=O)[O-])c4)c3)C2=O)c1. The summed E-state index contributed by atoms with van der Waals surface area (Å²) in [5.41, 5.74) is 2.70. The highest BCUT2D eigenvalue weighted by Gasteiger charge is 2.27. The lowest BCUT2D eigenvalue weighted by atomic mass is 10.1. The monoisotopic (exact) mass is 474 g/mol. The minimum Gasteiger partial charge on any atom is -0.497 e. The summed E-state index contributed by atoms with van der Waals surface area (Å²) < 4.78 is 5.28. The predicted octanol–water partition coefficient (Wildman–Crippen LogP) is 5.00. The molecule has 1 saturated heterocycles. The lowest BCUT2D eigenvalue weighted by Gasteiger charge is -2.36. The van der Waals surface area contributed by atoms with Crippen molar-refractivity contribution in [2.75, 3.05) is 30.4 Å². The van der Waals surface area contributed by atoms with Crippen LogP contribution in [0.15, 0.2) is 66.7 Å². The molecule has 1 N–H and O–H groups in total. The molecule has 0 radical (unpaired) electrons. The number of benzene rings is 3. The number of hydrogen-bond donors (Lipinski definition) is 1. The first-order valence-electron chi connectivity index (χ1n) is 11.2. The van der Waals surface area contributed by atoms with Gasteiger partial charge in [-0.2, -0.15) is 0 Å². The van der Waals surface area contributed by atoms with Gasteiger partial charge in [-0.1, -0.05) is 24.3 Å². The van der Waals surface area contributed by atoms with Crippen LogP contribution in [-0.4, -0.2) is 42.0 Å². The molecule has 0 bridgehead atoms. The molecule has 3 amide bonds. The molecule has 3 aromatic carbocycles. The summed E-state index contributed by atoms with van der Waals surface area (Å²) in [6.07, 6.45) is 0.805. The number of ether oxygens (including phenoxy) is 1. The number of nitrogens with zero attached hydrogens (tertiary/aromatic N) is 3. The number of rotatable bonds is 7. The van der Waals surface area contributed by atoms with Gasteiger partial charge in [-0.25, -0.2) is 4.79 Å². The number of anilines is 2. The summed E-state index contributed by atoms with van der Waals surface area (Å²) in [7, 11) is 1.61. The van der Waals surface area contributed by atoms with Crippen LogP contribution in [0.4, 0.5) is 21.9 Å². The molecular weight excluding hydrogens is 448 g/mol. The van der Waals surface area contributed by atoms with Gasteiger partial charge in [-0.3, -0.25) is 19.8 Å². The maximum Gasteiger partial charge on any atom is 0.324 e. The zero-order chi connectivity index (χ0) is 24.9. The molecule has 0 aromatic heterocycles. The van der Waals surface area contributed by atoms with Crippen molar-refractivity contribution >= 4 is 29.0 Å². The first-order chi connectivity index (χ1) is 16.9. The van der Waals surface area contributed by atoms with Gasteiger partial charge in [-0.05, 0) is 55.3 Å². The van der Waals surface area contributed by atoms with Crippen molar-refractivity contribution in [3.63, 3.8) is 0 Å². The standard InChI is InChI=1S/C26H26N4O5/c1-18-10-11-20(15-24(18)30(33)34)25(31)27-21-7-4-8-22(16-21)29-13-5-12-28(26(29)32)17-19-6-3-9-23(14-19)35-2/h3-4,6-11,14-16H,5,12-13,17H2,1-2H3,(H,27,31). The number of hydrogen-bond acceptors (Lipinski definition) is 5. The van der Waals surface area contributed by atoms with E-state index in [0.717, 1.165) is 17.7 Å². The average Bonchev–Trinajstić information content (AvgIpc) is 2.85. The van der Waals surface area contributed by atoms with Crippen molar-refractivity contribution in [1.29, 1.82) is 0 Å². The summed E-state index contributed by atoms with van der Waals surface area (Å²) in [6.45, 7) is 3.30. The Morgan fingerprint density at radius 3 is 2.66 bits per heavy atom. The quantitative estimate of drug-likeness (QED) is 0.383. The number of carbonyl (C=O) groups is 2. The first kappa shape index (κ1) is 23.7. The van der Waals surface area contributed by atoms with E-state index >= 15 is 0 Å². The second-order valence-electron chi connectivity index (χ2n) is 8.32. The third-order valence-electron chi connectivity index (χ3n) is 5.90. The molecule has 3 aromatic rings. The van der Waals surface area contributed by atoms with E-state index in [1.54, 1.807) is 54.2 Å². The van der Waals surface area contributed by atoms with Gasteiger partial charge in [0.1, 0.15) is 5.75 Å². The third kappa shape index (κ3) is 5.40. The zero-order valence-corrected chi connectivity index (χ0v) is 19.6. The molecule has 0 aliphatic carbocycles. The minimum atomic E-state index is -0.508. The molecule has 0 spiro atoms. The van der Waals surface area contributed by atoms with E-state index in [0.29, 0.717) is 36.6 Å². The van der Waals surface area contributed by atoms with Crippen LogP contribution in [0.3, 0.4) is 0 Å². The Morgan fingerprint density at radius 2 is 1.89 bits per heavy atom. The van der Waals surface area contributed by atoms with Crippen LogP contribution >= 0.6 is 0 Å². The molecule has 9 nitrogen and oxygen atoms in total. The molecule has 1 heterocycles. The van der Waals surface area contributed by atoms with Crippen LogP contribution in [0, 0.1) is 17.0 Å². The van der Waals surface area contributed by atoms with Gasteiger partial charge in [0.15, 0.2) is 0 Å². The van der Waals surface area contributed by atoms with Crippen molar-refractivity contribution in [1.82, 2.24) is 4.90 Å². The second-order valence-corrected chi connectivity index (χ2v) is 8.32. The summed E-state index contributed by atoms with van der Waals surface area (Å²) >= 11 is 0. The third-order valence-corrected chi connectivity index (χ3v) is 5.90. The lowest BCUT2D eigenvalue weighted by molar-refractivity contribution is -0.385. The van der Waals surface area contributed by atoms with Crippen LogP contribution in [0.5, 0.6) is 5.75 Å². The van der Waals surface area contributed by atoms with E-state index in [1.165, 1.54) is 6.07 Å². The number of nitrogens with one attached hydrogen (secondary N) is 1. The Balaban J connectivity index is 1.49. The Bertz CT molecular complexity index is 1280. The molecule has 1 fully saturated rings. The topological polar surface area (TPSA) is 105 Å². The van der Waals surface area contributed by atoms with Crippen LogP contribution in [-0.2, 0) is 6.54 Å². The van der Waals surface area contributed by atoms with Gasteiger partial charge in [0.25, 0.3) is 11.6 Å². The van der Waals surface area contributed by atoms with E-state index in [9.17, 15) is 19.7 Å². The highest BCUT2D eigenvalue weighted by Crippen LogP contribution is 2.26. The fourth-order valence-corrected chi connectivity index (χ4v) is 4.06. The van der Waals surface area contributed by atoms with Gasteiger partial charge in [-0.15, -0.1) is 0 Å². The molecule has 0 atom stereocenters. The van der Waals surface area contributed by atoms with E-state index in [1.807, 2.05) is 30.3 Å². The fraction of sp³-hybridized carbons (Fsp3) is 0.231. The number of aryl methyl sites for hydroxylation is 1. The van der Waals surface area contributed by atoms with Gasteiger partial charge >= 0.3 is 6.03 Å². The molecular formula is C26H26N4O5. The van der Waals surface area contributed by atoms with Crippen LogP contribution < -0.4 is 15.0 Å². The maximum absolute atomic E-state index is 13.2. The second kappa shape index (κ2) is 10.3. The summed E-state index contributed by atoms with van der Waals surface area (Å²) in [4.78, 5) is 40.1. The minimum absolute atomic E-state index is 0.110. The Hall–Kier alpha value is -4.40. The maximum atomic E-state index is 13.2. The Kier molecular flexibility index (Phi) is 6.96. The first-order valence-corrected chi connectivity index (χ1v) is 11.2. The van der Waals surface area contributed by atoms with E-state index in [2.05, 4.69) is 5.32 Å². The Morgan fingerprint density at radius 1 is 1.09 bits per heavy atom. The van der Waals surface area contributed by atoms with Crippen molar-refractivity contribution in [2.24, 2.45) is 0 Å². The number of nitro groups is 1. The summed E-state index contributed by atoms with van der Waals surface area (Å²) in [5.74, 6) is 0.279. The highest BCUT2D eigenvalue weighted by atomic mass is 16.6. The van der Waals surface area contributed by atoms with Crippen molar-refractivity contribution in [3.8, 4) is 5.75 Å². The van der Waals surface area contributed by atoms with Crippen molar-refractivity contribution in [3.05, 3.63) is 93.5 Å². The Labute approximate surface area is 203 Å². The van der Waals surface area contributed by atoms with Crippen molar-refractivity contribution in [2.45, 2.75) is 19.9 Å². The molecule has 35 heavy (non-hydrogen) atoms. The molecule has 4 rings (SSSR count). The summed E-state index contributed by atoms with van der Waals surface area (Å²) in [5, 5.41) is 14.0. The van der Waals surface area contributed by atoms with Crippen LogP contribution in [0.25, 0.3) is 0 Å². The number of carbonyl (C=O) groups excluding carboxylic acids is 2. The van der Waals surface area contributed by atoms with Gasteiger partial charge in [0.05, 0.1) is 12.0 Å². The largest absolute Gasteiger partial charge is 0.497 e. The fourth-order valence-electron chi connectivity index (χ4n) is 4.06. The number of amides is 3. The smallest absolute Gasteiger partial charge is 0.324 e. The molecule has 1 aliphatic heterocycles. The van der Waals surface area contributed by atoms with Crippen LogP contribution in [0.1, 0.15) is 27.9 Å². The van der Waals surface area contributed by atoms with Gasteiger partial charge in [0, 0.05) is 48.2 Å². The zero-order valence-electron chi connectivity index (χ0n) is 19.6. The normalized spacial score (nSPS) is 13.5. The van der Waals surface area contributed by atoms with E-state index in [-0.39, 0.29) is 17.3 Å². The molecule has 0 saturated carbocycles.